The molecular weight excluding hydrogens is 322 g/mol. The van der Waals surface area contributed by atoms with E-state index in [1.165, 1.54) is 21.9 Å². The molecule has 3 nitrogen and oxygen atoms in total. The standard InChI is InChI=1S/C23H25NO2/c1-17-10-13-21(14-11-17)26-16-18(2)24-23(25)15-12-20-8-5-7-19-6-3-4-9-22(19)20/h3-11,13-14,18H,12,15-16H2,1-2H3,(H,24,25)/t18-/m0/s1. The molecule has 0 fully saturated rings. The van der Waals surface area contributed by atoms with Crippen LogP contribution in [0.3, 0.4) is 0 Å². The van der Waals surface area contributed by atoms with E-state index in [1.807, 2.05) is 56.3 Å². The summed E-state index contributed by atoms with van der Waals surface area (Å²) in [5, 5.41) is 5.45. The van der Waals surface area contributed by atoms with Gasteiger partial charge >= 0.3 is 0 Å². The van der Waals surface area contributed by atoms with Crippen molar-refractivity contribution in [1.82, 2.24) is 5.32 Å². The molecule has 0 bridgehead atoms. The average Bonchev–Trinajstić information content (AvgIpc) is 2.66. The summed E-state index contributed by atoms with van der Waals surface area (Å²) in [7, 11) is 0. The van der Waals surface area contributed by atoms with Crippen molar-refractivity contribution in [1.29, 1.82) is 0 Å². The van der Waals surface area contributed by atoms with Crippen LogP contribution in [0.1, 0.15) is 24.5 Å². The summed E-state index contributed by atoms with van der Waals surface area (Å²) in [6, 6.07) is 22.4. The minimum atomic E-state index is -0.0312. The van der Waals surface area contributed by atoms with Crippen molar-refractivity contribution in [3.05, 3.63) is 77.9 Å². The minimum absolute atomic E-state index is 0.0312. The Hall–Kier alpha value is -2.81. The first kappa shape index (κ1) is 18.0. The van der Waals surface area contributed by atoms with Gasteiger partial charge in [-0.25, -0.2) is 0 Å². The SMILES string of the molecule is Cc1ccc(OC[C@H](C)NC(=O)CCc2cccc3ccccc23)cc1. The van der Waals surface area contributed by atoms with Gasteiger partial charge in [-0.3, -0.25) is 4.79 Å². The van der Waals surface area contributed by atoms with Crippen molar-refractivity contribution in [2.24, 2.45) is 0 Å². The van der Waals surface area contributed by atoms with Gasteiger partial charge in [-0.2, -0.15) is 0 Å². The van der Waals surface area contributed by atoms with Crippen LogP contribution in [-0.2, 0) is 11.2 Å². The van der Waals surface area contributed by atoms with Crippen LogP contribution in [0, 0.1) is 6.92 Å². The molecule has 0 aliphatic heterocycles. The third-order valence-electron chi connectivity index (χ3n) is 4.43. The van der Waals surface area contributed by atoms with Crippen LogP contribution in [0.2, 0.25) is 0 Å². The number of carbonyl (C=O) groups is 1. The number of benzene rings is 3. The summed E-state index contributed by atoms with van der Waals surface area (Å²) in [6.45, 7) is 4.47. The molecule has 0 aliphatic rings. The fourth-order valence-corrected chi connectivity index (χ4v) is 3.00. The van der Waals surface area contributed by atoms with Gasteiger partial charge in [0.05, 0.1) is 6.04 Å². The maximum atomic E-state index is 12.3. The Morgan fingerprint density at radius 2 is 1.73 bits per heavy atom. The second-order valence-corrected chi connectivity index (χ2v) is 6.73. The molecule has 0 saturated heterocycles. The lowest BCUT2D eigenvalue weighted by Crippen LogP contribution is -2.36. The summed E-state index contributed by atoms with van der Waals surface area (Å²) in [5.74, 6) is 0.880. The lowest BCUT2D eigenvalue weighted by atomic mass is 10.0. The molecule has 0 heterocycles. The van der Waals surface area contributed by atoms with Crippen molar-refractivity contribution in [2.45, 2.75) is 32.7 Å². The summed E-state index contributed by atoms with van der Waals surface area (Å²) in [6.07, 6.45) is 1.21. The minimum Gasteiger partial charge on any atom is -0.491 e. The topological polar surface area (TPSA) is 38.3 Å². The number of amides is 1. The first-order valence-electron chi connectivity index (χ1n) is 9.07. The van der Waals surface area contributed by atoms with E-state index >= 15 is 0 Å². The van der Waals surface area contributed by atoms with Crippen LogP contribution < -0.4 is 10.1 Å². The average molecular weight is 347 g/mol. The molecule has 0 spiro atoms. The number of nitrogens with one attached hydrogen (secondary N) is 1. The predicted octanol–water partition coefficient (Wildman–Crippen LogP) is 4.66. The van der Waals surface area contributed by atoms with Crippen molar-refractivity contribution in [2.75, 3.05) is 6.61 Å². The molecule has 0 aliphatic carbocycles. The molecule has 1 amide bonds. The Morgan fingerprint density at radius 1 is 1.00 bits per heavy atom. The van der Waals surface area contributed by atoms with Crippen LogP contribution in [-0.4, -0.2) is 18.6 Å². The van der Waals surface area contributed by atoms with E-state index < -0.39 is 0 Å². The molecule has 1 N–H and O–H groups in total. The lowest BCUT2D eigenvalue weighted by molar-refractivity contribution is -0.121. The Morgan fingerprint density at radius 3 is 2.54 bits per heavy atom. The molecule has 3 heteroatoms. The lowest BCUT2D eigenvalue weighted by Gasteiger charge is -2.15. The zero-order chi connectivity index (χ0) is 18.4. The summed E-state index contributed by atoms with van der Waals surface area (Å²) >= 11 is 0. The molecule has 0 unspecified atom stereocenters. The van der Waals surface area contributed by atoms with Crippen molar-refractivity contribution in [3.8, 4) is 5.75 Å². The number of carbonyl (C=O) groups excluding carboxylic acids is 1. The van der Waals surface area contributed by atoms with Crippen molar-refractivity contribution < 1.29 is 9.53 Å². The largest absolute Gasteiger partial charge is 0.491 e. The maximum Gasteiger partial charge on any atom is 0.220 e. The maximum absolute atomic E-state index is 12.3. The fraction of sp³-hybridized carbons (Fsp3) is 0.261. The number of hydrogen-bond donors (Lipinski definition) is 1. The van der Waals surface area contributed by atoms with Crippen LogP contribution in [0.4, 0.5) is 0 Å². The highest BCUT2D eigenvalue weighted by Gasteiger charge is 2.09. The number of hydrogen-bond acceptors (Lipinski definition) is 2. The molecule has 0 saturated carbocycles. The van der Waals surface area contributed by atoms with Gasteiger partial charge in [-0.1, -0.05) is 60.2 Å². The molecule has 3 rings (SSSR count). The van der Waals surface area contributed by atoms with E-state index in [0.717, 1.165) is 12.2 Å². The molecule has 0 aromatic heterocycles. The normalized spacial score (nSPS) is 11.9. The first-order chi connectivity index (χ1) is 12.6. The summed E-state index contributed by atoms with van der Waals surface area (Å²) in [4.78, 5) is 12.3. The quantitative estimate of drug-likeness (QED) is 0.675. The van der Waals surface area contributed by atoms with Crippen LogP contribution >= 0.6 is 0 Å². The van der Waals surface area contributed by atoms with E-state index in [9.17, 15) is 4.79 Å². The van der Waals surface area contributed by atoms with E-state index in [-0.39, 0.29) is 11.9 Å². The Balaban J connectivity index is 1.48. The van der Waals surface area contributed by atoms with Crippen molar-refractivity contribution >= 4 is 16.7 Å². The van der Waals surface area contributed by atoms with Gasteiger partial charge in [0.15, 0.2) is 0 Å². The number of aryl methyl sites for hydroxylation is 2. The van der Waals surface area contributed by atoms with Gasteiger partial charge < -0.3 is 10.1 Å². The van der Waals surface area contributed by atoms with Crippen LogP contribution in [0.25, 0.3) is 10.8 Å². The molecular formula is C23H25NO2. The highest BCUT2D eigenvalue weighted by molar-refractivity contribution is 5.86. The summed E-state index contributed by atoms with van der Waals surface area (Å²) in [5.41, 5.74) is 2.41. The van der Waals surface area contributed by atoms with Gasteiger partial charge in [0.2, 0.25) is 5.91 Å². The second-order valence-electron chi connectivity index (χ2n) is 6.73. The van der Waals surface area contributed by atoms with Crippen molar-refractivity contribution in [3.63, 3.8) is 0 Å². The smallest absolute Gasteiger partial charge is 0.220 e. The molecule has 3 aromatic carbocycles. The number of ether oxygens (including phenoxy) is 1. The second kappa shape index (κ2) is 8.52. The Kier molecular flexibility index (Phi) is 5.90. The van der Waals surface area contributed by atoms with Gasteiger partial charge in [0, 0.05) is 6.42 Å². The molecule has 3 aromatic rings. The monoisotopic (exact) mass is 347 g/mol. The summed E-state index contributed by atoms with van der Waals surface area (Å²) < 4.78 is 5.73. The number of rotatable bonds is 7. The van der Waals surface area contributed by atoms with Gasteiger partial charge in [-0.05, 0) is 48.7 Å². The Bertz CT molecular complexity index is 866. The van der Waals surface area contributed by atoms with Gasteiger partial charge in [0.1, 0.15) is 12.4 Å². The zero-order valence-electron chi connectivity index (χ0n) is 15.4. The third-order valence-corrected chi connectivity index (χ3v) is 4.43. The third kappa shape index (κ3) is 4.85. The highest BCUT2D eigenvalue weighted by Crippen LogP contribution is 2.19. The van der Waals surface area contributed by atoms with Gasteiger partial charge in [0.25, 0.3) is 0 Å². The molecule has 134 valence electrons. The predicted molar refractivity (Wildman–Crippen MR) is 107 cm³/mol. The van der Waals surface area contributed by atoms with Gasteiger partial charge in [-0.15, -0.1) is 0 Å². The fourth-order valence-electron chi connectivity index (χ4n) is 3.00. The first-order valence-corrected chi connectivity index (χ1v) is 9.07. The Labute approximate surface area is 155 Å². The molecule has 0 radical (unpaired) electrons. The van der Waals surface area contributed by atoms with Crippen LogP contribution in [0.5, 0.6) is 5.75 Å². The highest BCUT2D eigenvalue weighted by atomic mass is 16.5. The molecule has 1 atom stereocenters. The van der Waals surface area contributed by atoms with Crippen LogP contribution in [0.15, 0.2) is 66.7 Å². The van der Waals surface area contributed by atoms with E-state index in [1.54, 1.807) is 0 Å². The number of fused-ring (bicyclic) bond motifs is 1. The van der Waals surface area contributed by atoms with E-state index in [4.69, 9.17) is 4.74 Å². The molecule has 26 heavy (non-hydrogen) atoms. The van der Waals surface area contributed by atoms with E-state index in [0.29, 0.717) is 13.0 Å². The zero-order valence-corrected chi connectivity index (χ0v) is 15.4. The van der Waals surface area contributed by atoms with E-state index in [2.05, 4.69) is 29.6 Å².